The molecule has 0 saturated heterocycles. The first-order valence-electron chi connectivity index (χ1n) is 5.25. The first-order chi connectivity index (χ1) is 8.79. The number of rotatable bonds is 3. The fourth-order valence-corrected chi connectivity index (χ4v) is 1.83. The predicted octanol–water partition coefficient (Wildman–Crippen LogP) is 3.34. The Balaban J connectivity index is 3.33. The Morgan fingerprint density at radius 3 is 2.58 bits per heavy atom. The summed E-state index contributed by atoms with van der Waals surface area (Å²) in [6.45, 7) is 1.60. The molecule has 102 valence electrons. The van der Waals surface area contributed by atoms with Gasteiger partial charge in [0, 0.05) is 5.02 Å². The highest BCUT2D eigenvalue weighted by Crippen LogP contribution is 2.36. The van der Waals surface area contributed by atoms with Crippen LogP contribution in [0.2, 0.25) is 5.02 Å². The van der Waals surface area contributed by atoms with Gasteiger partial charge < -0.3 is 4.74 Å². The van der Waals surface area contributed by atoms with Crippen LogP contribution in [0.1, 0.15) is 23.6 Å². The van der Waals surface area contributed by atoms with Crippen molar-refractivity contribution in [2.24, 2.45) is 0 Å². The zero-order chi connectivity index (χ0) is 14.6. The lowest BCUT2D eigenvalue weighted by Crippen LogP contribution is -2.16. The molecule has 0 heterocycles. The molecular weight excluding hydrogens is 283 g/mol. The van der Waals surface area contributed by atoms with Crippen molar-refractivity contribution < 1.29 is 22.7 Å². The lowest BCUT2D eigenvalue weighted by molar-refractivity contribution is -0.143. The number of hydrogen-bond acceptors (Lipinski definition) is 3. The normalized spacial score (nSPS) is 10.9. The van der Waals surface area contributed by atoms with E-state index in [0.717, 1.165) is 12.1 Å². The van der Waals surface area contributed by atoms with Crippen LogP contribution in [0, 0.1) is 11.3 Å². The van der Waals surface area contributed by atoms with E-state index in [-0.39, 0.29) is 17.2 Å². The molecular formula is C12H9ClF3NO2. The molecule has 1 aromatic rings. The van der Waals surface area contributed by atoms with E-state index in [1.165, 1.54) is 6.07 Å². The van der Waals surface area contributed by atoms with E-state index < -0.39 is 29.7 Å². The van der Waals surface area contributed by atoms with Gasteiger partial charge in [-0.05, 0) is 24.6 Å². The molecule has 0 aliphatic heterocycles. The number of nitriles is 1. The van der Waals surface area contributed by atoms with Crippen LogP contribution in [0.3, 0.4) is 0 Å². The Labute approximate surface area is 112 Å². The van der Waals surface area contributed by atoms with Crippen LogP contribution in [0.25, 0.3) is 0 Å². The number of benzene rings is 1. The van der Waals surface area contributed by atoms with Gasteiger partial charge in [0.15, 0.2) is 0 Å². The zero-order valence-electron chi connectivity index (χ0n) is 9.84. The number of hydrogen-bond donors (Lipinski definition) is 0. The molecule has 0 bridgehead atoms. The highest BCUT2D eigenvalue weighted by Gasteiger charge is 2.37. The summed E-state index contributed by atoms with van der Waals surface area (Å²) in [7, 11) is 0. The Morgan fingerprint density at radius 1 is 1.47 bits per heavy atom. The standard InChI is InChI=1S/C12H9ClF3NO2/c1-2-19-10(18)5-7-3-9(13)4-8(6-17)11(7)12(14,15)16/h3-4H,2,5H2,1H3. The van der Waals surface area contributed by atoms with Crippen molar-refractivity contribution in [3.05, 3.63) is 33.8 Å². The monoisotopic (exact) mass is 291 g/mol. The Bertz CT molecular complexity index is 535. The Kier molecular flexibility index (Phi) is 4.78. The second-order valence-corrected chi connectivity index (χ2v) is 4.02. The second-order valence-electron chi connectivity index (χ2n) is 3.58. The van der Waals surface area contributed by atoms with Crippen molar-refractivity contribution in [1.29, 1.82) is 5.26 Å². The maximum absolute atomic E-state index is 12.9. The van der Waals surface area contributed by atoms with Crippen LogP contribution in [0.15, 0.2) is 12.1 Å². The molecule has 0 amide bonds. The van der Waals surface area contributed by atoms with E-state index in [2.05, 4.69) is 4.74 Å². The minimum atomic E-state index is -4.74. The van der Waals surface area contributed by atoms with Crippen molar-refractivity contribution in [3.8, 4) is 6.07 Å². The highest BCUT2D eigenvalue weighted by atomic mass is 35.5. The summed E-state index contributed by atoms with van der Waals surface area (Å²) >= 11 is 5.64. The van der Waals surface area contributed by atoms with Gasteiger partial charge in [0.25, 0.3) is 0 Å². The molecule has 0 atom stereocenters. The Morgan fingerprint density at radius 2 is 2.11 bits per heavy atom. The summed E-state index contributed by atoms with van der Waals surface area (Å²) in [5.41, 5.74) is -2.12. The highest BCUT2D eigenvalue weighted by molar-refractivity contribution is 6.30. The maximum atomic E-state index is 12.9. The maximum Gasteiger partial charge on any atom is 0.417 e. The molecule has 0 fully saturated rings. The molecule has 0 aliphatic rings. The summed E-state index contributed by atoms with van der Waals surface area (Å²) in [5, 5.41) is 8.71. The third-order valence-electron chi connectivity index (χ3n) is 2.23. The van der Waals surface area contributed by atoms with Gasteiger partial charge in [-0.3, -0.25) is 4.79 Å². The van der Waals surface area contributed by atoms with Crippen molar-refractivity contribution in [2.75, 3.05) is 6.61 Å². The van der Waals surface area contributed by atoms with Crippen molar-refractivity contribution in [1.82, 2.24) is 0 Å². The zero-order valence-corrected chi connectivity index (χ0v) is 10.6. The van der Waals surface area contributed by atoms with E-state index in [0.29, 0.717) is 0 Å². The predicted molar refractivity (Wildman–Crippen MR) is 61.5 cm³/mol. The average Bonchev–Trinajstić information content (AvgIpc) is 2.26. The summed E-state index contributed by atoms with van der Waals surface area (Å²) in [6.07, 6.45) is -5.32. The van der Waals surface area contributed by atoms with Gasteiger partial charge in [0.2, 0.25) is 0 Å². The number of nitrogens with zero attached hydrogens (tertiary/aromatic N) is 1. The smallest absolute Gasteiger partial charge is 0.417 e. The molecule has 0 spiro atoms. The van der Waals surface area contributed by atoms with E-state index in [9.17, 15) is 18.0 Å². The van der Waals surface area contributed by atoms with Crippen LogP contribution < -0.4 is 0 Å². The summed E-state index contributed by atoms with van der Waals surface area (Å²) < 4.78 is 43.3. The van der Waals surface area contributed by atoms with Crippen LogP contribution in [0.4, 0.5) is 13.2 Å². The number of ether oxygens (including phenoxy) is 1. The number of carbonyl (C=O) groups excluding carboxylic acids is 1. The first-order valence-corrected chi connectivity index (χ1v) is 5.62. The minimum absolute atomic E-state index is 0.0381. The van der Waals surface area contributed by atoms with Gasteiger partial charge in [0.05, 0.1) is 30.2 Å². The van der Waals surface area contributed by atoms with E-state index in [1.807, 2.05) is 0 Å². The van der Waals surface area contributed by atoms with E-state index >= 15 is 0 Å². The molecule has 0 unspecified atom stereocenters. The minimum Gasteiger partial charge on any atom is -0.466 e. The second kappa shape index (κ2) is 5.93. The average molecular weight is 292 g/mol. The van der Waals surface area contributed by atoms with Crippen molar-refractivity contribution in [2.45, 2.75) is 19.5 Å². The molecule has 19 heavy (non-hydrogen) atoms. The van der Waals surface area contributed by atoms with Gasteiger partial charge >= 0.3 is 12.1 Å². The van der Waals surface area contributed by atoms with Gasteiger partial charge in [-0.15, -0.1) is 0 Å². The first kappa shape index (κ1) is 15.3. The van der Waals surface area contributed by atoms with E-state index in [1.54, 1.807) is 6.92 Å². The molecule has 1 aromatic carbocycles. The Hall–Kier alpha value is -1.74. The third kappa shape index (κ3) is 3.86. The van der Waals surface area contributed by atoms with Gasteiger partial charge in [-0.1, -0.05) is 11.6 Å². The molecule has 0 radical (unpaired) electrons. The molecule has 7 heteroatoms. The topological polar surface area (TPSA) is 50.1 Å². The van der Waals surface area contributed by atoms with E-state index in [4.69, 9.17) is 16.9 Å². The van der Waals surface area contributed by atoms with Crippen molar-refractivity contribution in [3.63, 3.8) is 0 Å². The van der Waals surface area contributed by atoms with Gasteiger partial charge in [0.1, 0.15) is 0 Å². The largest absolute Gasteiger partial charge is 0.466 e. The van der Waals surface area contributed by atoms with Gasteiger partial charge in [-0.25, -0.2) is 0 Å². The number of esters is 1. The van der Waals surface area contributed by atoms with Gasteiger partial charge in [-0.2, -0.15) is 18.4 Å². The summed E-state index contributed by atoms with van der Waals surface area (Å²) in [4.78, 5) is 11.3. The van der Waals surface area contributed by atoms with Crippen LogP contribution >= 0.6 is 11.6 Å². The number of halogens is 4. The molecule has 0 aliphatic carbocycles. The molecule has 1 rings (SSSR count). The SMILES string of the molecule is CCOC(=O)Cc1cc(Cl)cc(C#N)c1C(F)(F)F. The molecule has 0 saturated carbocycles. The van der Waals surface area contributed by atoms with Crippen LogP contribution in [0.5, 0.6) is 0 Å². The molecule has 3 nitrogen and oxygen atoms in total. The fourth-order valence-electron chi connectivity index (χ4n) is 1.59. The molecule has 0 aromatic heterocycles. The van der Waals surface area contributed by atoms with Crippen LogP contribution in [-0.2, 0) is 22.1 Å². The quantitative estimate of drug-likeness (QED) is 0.803. The molecule has 0 N–H and O–H groups in total. The summed E-state index contributed by atoms with van der Waals surface area (Å²) in [6, 6.07) is 3.36. The number of carbonyl (C=O) groups is 1. The van der Waals surface area contributed by atoms with Crippen LogP contribution in [-0.4, -0.2) is 12.6 Å². The van der Waals surface area contributed by atoms with Crippen molar-refractivity contribution >= 4 is 17.6 Å². The third-order valence-corrected chi connectivity index (χ3v) is 2.45. The summed E-state index contributed by atoms with van der Waals surface area (Å²) in [5.74, 6) is -0.806. The lowest BCUT2D eigenvalue weighted by atomic mass is 9.99. The fraction of sp³-hybridized carbons (Fsp3) is 0.333. The number of alkyl halides is 3. The lowest BCUT2D eigenvalue weighted by Gasteiger charge is -2.14.